The van der Waals surface area contributed by atoms with Gasteiger partial charge in [0, 0.05) is 11.3 Å². The molecule has 0 aliphatic rings. The highest BCUT2D eigenvalue weighted by molar-refractivity contribution is 5.40. The summed E-state index contributed by atoms with van der Waals surface area (Å²) in [5.74, 6) is 0.651. The maximum absolute atomic E-state index is 5.68. The minimum absolute atomic E-state index is 0.651. The molecule has 0 saturated heterocycles. The first-order chi connectivity index (χ1) is 7.75. The lowest BCUT2D eigenvalue weighted by Gasteiger charge is -2.01. The van der Waals surface area contributed by atoms with Crippen LogP contribution < -0.4 is 5.73 Å². The highest BCUT2D eigenvalue weighted by Crippen LogP contribution is 2.15. The molecule has 3 N–H and O–H groups in total. The number of rotatable bonds is 8. The normalized spacial score (nSPS) is 10.9. The second-order valence-electron chi connectivity index (χ2n) is 4.58. The molecule has 0 amide bonds. The van der Waals surface area contributed by atoms with Crippen LogP contribution >= 0.6 is 0 Å². The lowest BCUT2D eigenvalue weighted by Crippen LogP contribution is -1.90. The molecule has 0 atom stereocenters. The Bertz CT molecular complexity index is 291. The predicted molar refractivity (Wildman–Crippen MR) is 69.4 cm³/mol. The average molecular weight is 223 g/mol. The number of hydrogen-bond acceptors (Lipinski definition) is 2. The van der Waals surface area contributed by atoms with Crippen LogP contribution in [0.1, 0.15) is 63.1 Å². The van der Waals surface area contributed by atoms with E-state index in [2.05, 4.69) is 17.1 Å². The van der Waals surface area contributed by atoms with Crippen molar-refractivity contribution in [2.45, 2.75) is 65.2 Å². The van der Waals surface area contributed by atoms with E-state index in [1.54, 1.807) is 0 Å². The van der Waals surface area contributed by atoms with Gasteiger partial charge < -0.3 is 5.73 Å². The molecule has 1 aromatic rings. The zero-order chi connectivity index (χ0) is 11.8. The maximum atomic E-state index is 5.68. The number of anilines is 1. The molecule has 0 aliphatic heterocycles. The molecule has 92 valence electrons. The number of nitrogens with two attached hydrogens (primary N) is 1. The Labute approximate surface area is 98.8 Å². The van der Waals surface area contributed by atoms with E-state index in [1.165, 1.54) is 50.6 Å². The van der Waals surface area contributed by atoms with E-state index in [9.17, 15) is 0 Å². The third kappa shape index (κ3) is 4.25. The topological polar surface area (TPSA) is 54.7 Å². The summed E-state index contributed by atoms with van der Waals surface area (Å²) in [6.45, 7) is 4.29. The second kappa shape index (κ2) is 7.31. The number of aromatic amines is 1. The van der Waals surface area contributed by atoms with Crippen molar-refractivity contribution in [2.24, 2.45) is 0 Å². The maximum Gasteiger partial charge on any atom is 0.148 e. The molecule has 0 bridgehead atoms. The van der Waals surface area contributed by atoms with E-state index in [0.717, 1.165) is 12.0 Å². The number of unbranched alkanes of at least 4 members (excludes halogenated alkanes) is 6. The number of aryl methyl sites for hydroxylation is 1. The first-order valence-electron chi connectivity index (χ1n) is 6.55. The molecule has 0 unspecified atom stereocenters. The Morgan fingerprint density at radius 2 is 1.69 bits per heavy atom. The third-order valence-corrected chi connectivity index (χ3v) is 3.18. The van der Waals surface area contributed by atoms with Gasteiger partial charge in [0.05, 0.1) is 0 Å². The molecule has 1 heterocycles. The van der Waals surface area contributed by atoms with Crippen LogP contribution in [0.2, 0.25) is 0 Å². The van der Waals surface area contributed by atoms with Gasteiger partial charge in [0.2, 0.25) is 0 Å². The van der Waals surface area contributed by atoms with Gasteiger partial charge in [-0.3, -0.25) is 5.10 Å². The molecule has 0 aromatic carbocycles. The zero-order valence-corrected chi connectivity index (χ0v) is 10.7. The fourth-order valence-corrected chi connectivity index (χ4v) is 1.95. The largest absolute Gasteiger partial charge is 0.382 e. The SMILES string of the molecule is CCCCCCCCCc1[nH]nc(N)c1C. The minimum Gasteiger partial charge on any atom is -0.382 e. The monoisotopic (exact) mass is 223 g/mol. The summed E-state index contributed by atoms with van der Waals surface area (Å²) in [6, 6.07) is 0. The summed E-state index contributed by atoms with van der Waals surface area (Å²) in [7, 11) is 0. The van der Waals surface area contributed by atoms with E-state index in [0.29, 0.717) is 5.82 Å². The third-order valence-electron chi connectivity index (χ3n) is 3.18. The molecule has 3 nitrogen and oxygen atoms in total. The van der Waals surface area contributed by atoms with Gasteiger partial charge in [0.15, 0.2) is 0 Å². The van der Waals surface area contributed by atoms with Gasteiger partial charge >= 0.3 is 0 Å². The van der Waals surface area contributed by atoms with Gasteiger partial charge in [-0.2, -0.15) is 5.10 Å². The number of nitrogen functional groups attached to an aromatic ring is 1. The fourth-order valence-electron chi connectivity index (χ4n) is 1.95. The van der Waals surface area contributed by atoms with E-state index >= 15 is 0 Å². The smallest absolute Gasteiger partial charge is 0.148 e. The van der Waals surface area contributed by atoms with Gasteiger partial charge in [-0.25, -0.2) is 0 Å². The van der Waals surface area contributed by atoms with Gasteiger partial charge in [-0.1, -0.05) is 45.4 Å². The van der Waals surface area contributed by atoms with Crippen LogP contribution in [0.5, 0.6) is 0 Å². The van der Waals surface area contributed by atoms with Crippen LogP contribution in [-0.4, -0.2) is 10.2 Å². The summed E-state index contributed by atoms with van der Waals surface area (Å²) in [5, 5.41) is 7.02. The van der Waals surface area contributed by atoms with Crippen LogP contribution in [0.25, 0.3) is 0 Å². The molecular formula is C13H25N3. The number of nitrogens with one attached hydrogen (secondary N) is 1. The highest BCUT2D eigenvalue weighted by Gasteiger charge is 2.04. The van der Waals surface area contributed by atoms with E-state index in [1.807, 2.05) is 6.92 Å². The van der Waals surface area contributed by atoms with Crippen LogP contribution in [0.4, 0.5) is 5.82 Å². The van der Waals surface area contributed by atoms with Crippen molar-refractivity contribution in [2.75, 3.05) is 5.73 Å². The summed E-state index contributed by atoms with van der Waals surface area (Å²) >= 11 is 0. The van der Waals surface area contributed by atoms with Gasteiger partial charge in [-0.15, -0.1) is 0 Å². The molecule has 0 radical (unpaired) electrons. The minimum atomic E-state index is 0.651. The van der Waals surface area contributed by atoms with Crippen molar-refractivity contribution in [3.05, 3.63) is 11.3 Å². The van der Waals surface area contributed by atoms with E-state index in [-0.39, 0.29) is 0 Å². The lowest BCUT2D eigenvalue weighted by molar-refractivity contribution is 0.586. The molecule has 1 aromatic heterocycles. The quantitative estimate of drug-likeness (QED) is 0.662. The van der Waals surface area contributed by atoms with Crippen molar-refractivity contribution in [1.29, 1.82) is 0 Å². The zero-order valence-electron chi connectivity index (χ0n) is 10.7. The lowest BCUT2D eigenvalue weighted by atomic mass is 10.1. The van der Waals surface area contributed by atoms with Gasteiger partial charge in [-0.05, 0) is 19.8 Å². The summed E-state index contributed by atoms with van der Waals surface area (Å²) in [6.07, 6.45) is 10.5. The fraction of sp³-hybridized carbons (Fsp3) is 0.769. The molecule has 0 spiro atoms. The number of aromatic nitrogens is 2. The molecule has 1 rings (SSSR count). The average Bonchev–Trinajstić information content (AvgIpc) is 2.59. The van der Waals surface area contributed by atoms with Gasteiger partial charge in [0.25, 0.3) is 0 Å². The number of H-pyrrole nitrogens is 1. The highest BCUT2D eigenvalue weighted by atomic mass is 15.2. The molecule has 0 saturated carbocycles. The summed E-state index contributed by atoms with van der Waals surface area (Å²) in [4.78, 5) is 0. The van der Waals surface area contributed by atoms with Crippen LogP contribution in [0.15, 0.2) is 0 Å². The molecule has 0 fully saturated rings. The Hall–Kier alpha value is -0.990. The van der Waals surface area contributed by atoms with Crippen molar-refractivity contribution in [3.8, 4) is 0 Å². The number of nitrogens with zero attached hydrogens (tertiary/aromatic N) is 1. The van der Waals surface area contributed by atoms with Crippen LogP contribution in [0, 0.1) is 6.92 Å². The summed E-state index contributed by atoms with van der Waals surface area (Å²) in [5.41, 5.74) is 8.03. The van der Waals surface area contributed by atoms with E-state index in [4.69, 9.17) is 5.73 Å². The Morgan fingerprint density at radius 3 is 2.25 bits per heavy atom. The van der Waals surface area contributed by atoms with Crippen LogP contribution in [-0.2, 0) is 6.42 Å². The van der Waals surface area contributed by atoms with Crippen molar-refractivity contribution in [1.82, 2.24) is 10.2 Å². The van der Waals surface area contributed by atoms with Crippen LogP contribution in [0.3, 0.4) is 0 Å². The molecule has 0 aliphatic carbocycles. The van der Waals surface area contributed by atoms with Crippen molar-refractivity contribution in [3.63, 3.8) is 0 Å². The van der Waals surface area contributed by atoms with E-state index < -0.39 is 0 Å². The Kier molecular flexibility index (Phi) is 5.98. The predicted octanol–water partition coefficient (Wildman–Crippen LogP) is 3.59. The Balaban J connectivity index is 2.05. The summed E-state index contributed by atoms with van der Waals surface area (Å²) < 4.78 is 0. The Morgan fingerprint density at radius 1 is 1.06 bits per heavy atom. The van der Waals surface area contributed by atoms with Gasteiger partial charge in [0.1, 0.15) is 5.82 Å². The second-order valence-corrected chi connectivity index (χ2v) is 4.58. The molecular weight excluding hydrogens is 198 g/mol. The first-order valence-corrected chi connectivity index (χ1v) is 6.55. The first kappa shape index (κ1) is 13.1. The number of hydrogen-bond donors (Lipinski definition) is 2. The van der Waals surface area contributed by atoms with Crippen molar-refractivity contribution < 1.29 is 0 Å². The molecule has 16 heavy (non-hydrogen) atoms. The molecule has 3 heteroatoms. The standard InChI is InChI=1S/C13H25N3/c1-3-4-5-6-7-8-9-10-12-11(2)13(14)16-15-12/h3-10H2,1-2H3,(H3,14,15,16). The van der Waals surface area contributed by atoms with Crippen molar-refractivity contribution >= 4 is 5.82 Å².